The molecule has 1 aliphatic heterocycles. The van der Waals surface area contributed by atoms with Crippen molar-refractivity contribution in [2.45, 2.75) is 13.0 Å². The molecule has 2 amide bonds. The van der Waals surface area contributed by atoms with Gasteiger partial charge in [0.15, 0.2) is 0 Å². The van der Waals surface area contributed by atoms with Crippen molar-refractivity contribution in [2.24, 2.45) is 5.92 Å². The summed E-state index contributed by atoms with van der Waals surface area (Å²) in [7, 11) is 1.82. The smallest absolute Gasteiger partial charge is 0.317 e. The third kappa shape index (κ3) is 5.73. The highest BCUT2D eigenvalue weighted by atomic mass is 16.5. The zero-order valence-corrected chi connectivity index (χ0v) is 12.6. The topological polar surface area (TPSA) is 50.8 Å². The summed E-state index contributed by atoms with van der Waals surface area (Å²) in [6.07, 6.45) is 1.04. The standard InChI is InChI=1S/C16H24N2O3/c1-18(11-15-7-9-20-13-15)16(19)17-8-10-21-12-14-5-3-2-4-6-14/h2-6,15H,7-13H2,1H3,(H,17,19). The SMILES string of the molecule is CN(CC1CCOC1)C(=O)NCCOCc1ccccc1. The van der Waals surface area contributed by atoms with Crippen molar-refractivity contribution in [1.82, 2.24) is 10.2 Å². The molecule has 2 rings (SSSR count). The van der Waals surface area contributed by atoms with Crippen molar-refractivity contribution in [3.63, 3.8) is 0 Å². The molecule has 0 aliphatic carbocycles. The van der Waals surface area contributed by atoms with Crippen molar-refractivity contribution in [3.05, 3.63) is 35.9 Å². The van der Waals surface area contributed by atoms with Crippen LogP contribution in [0.3, 0.4) is 0 Å². The highest BCUT2D eigenvalue weighted by Gasteiger charge is 2.19. The van der Waals surface area contributed by atoms with Crippen LogP contribution in [0.2, 0.25) is 0 Å². The number of hydrogen-bond donors (Lipinski definition) is 1. The van der Waals surface area contributed by atoms with Gasteiger partial charge in [0.1, 0.15) is 0 Å². The number of rotatable bonds is 7. The summed E-state index contributed by atoms with van der Waals surface area (Å²) >= 11 is 0. The van der Waals surface area contributed by atoms with Crippen LogP contribution in [0.25, 0.3) is 0 Å². The van der Waals surface area contributed by atoms with Gasteiger partial charge in [-0.25, -0.2) is 4.79 Å². The van der Waals surface area contributed by atoms with Gasteiger partial charge in [0, 0.05) is 32.7 Å². The molecule has 1 aliphatic rings. The maximum atomic E-state index is 11.9. The van der Waals surface area contributed by atoms with Gasteiger partial charge in [0.05, 0.1) is 19.8 Å². The second kappa shape index (κ2) is 8.64. The normalized spacial score (nSPS) is 17.7. The fourth-order valence-corrected chi connectivity index (χ4v) is 2.33. The molecular weight excluding hydrogens is 268 g/mol. The summed E-state index contributed by atoms with van der Waals surface area (Å²) in [5, 5.41) is 2.86. The van der Waals surface area contributed by atoms with Crippen LogP contribution in [-0.4, -0.2) is 50.9 Å². The van der Waals surface area contributed by atoms with E-state index in [1.807, 2.05) is 37.4 Å². The van der Waals surface area contributed by atoms with Crippen LogP contribution in [0.4, 0.5) is 4.79 Å². The Bertz CT molecular complexity index is 419. The zero-order valence-electron chi connectivity index (χ0n) is 12.6. The molecule has 1 unspecified atom stereocenters. The first-order valence-corrected chi connectivity index (χ1v) is 7.44. The van der Waals surface area contributed by atoms with Gasteiger partial charge in [-0.2, -0.15) is 0 Å². The van der Waals surface area contributed by atoms with Crippen LogP contribution in [0.15, 0.2) is 30.3 Å². The summed E-state index contributed by atoms with van der Waals surface area (Å²) in [6, 6.07) is 9.95. The Kier molecular flexibility index (Phi) is 6.50. The van der Waals surface area contributed by atoms with E-state index >= 15 is 0 Å². The number of nitrogens with zero attached hydrogens (tertiary/aromatic N) is 1. The lowest BCUT2D eigenvalue weighted by Gasteiger charge is -2.20. The molecule has 0 aromatic heterocycles. The predicted molar refractivity (Wildman–Crippen MR) is 81.1 cm³/mol. The average Bonchev–Trinajstić information content (AvgIpc) is 3.00. The van der Waals surface area contributed by atoms with E-state index in [1.165, 1.54) is 0 Å². The first-order chi connectivity index (χ1) is 10.3. The molecule has 1 fully saturated rings. The van der Waals surface area contributed by atoms with E-state index in [1.54, 1.807) is 4.90 Å². The summed E-state index contributed by atoms with van der Waals surface area (Å²) in [6.45, 7) is 3.94. The summed E-state index contributed by atoms with van der Waals surface area (Å²) in [4.78, 5) is 13.6. The molecule has 0 radical (unpaired) electrons. The molecule has 21 heavy (non-hydrogen) atoms. The summed E-state index contributed by atoms with van der Waals surface area (Å²) in [5.41, 5.74) is 1.14. The van der Waals surface area contributed by atoms with Gasteiger partial charge < -0.3 is 19.7 Å². The Morgan fingerprint density at radius 3 is 2.95 bits per heavy atom. The lowest BCUT2D eigenvalue weighted by atomic mass is 10.1. The van der Waals surface area contributed by atoms with Crippen LogP contribution in [0.1, 0.15) is 12.0 Å². The van der Waals surface area contributed by atoms with E-state index in [0.29, 0.717) is 25.7 Å². The molecular formula is C16H24N2O3. The van der Waals surface area contributed by atoms with Gasteiger partial charge in [-0.3, -0.25) is 0 Å². The lowest BCUT2D eigenvalue weighted by Crippen LogP contribution is -2.41. The number of amides is 2. The monoisotopic (exact) mass is 292 g/mol. The Morgan fingerprint density at radius 1 is 1.43 bits per heavy atom. The van der Waals surface area contributed by atoms with Gasteiger partial charge in [-0.05, 0) is 12.0 Å². The van der Waals surface area contributed by atoms with Crippen LogP contribution in [0.5, 0.6) is 0 Å². The third-order valence-corrected chi connectivity index (χ3v) is 3.54. The van der Waals surface area contributed by atoms with Crippen LogP contribution in [0, 0.1) is 5.92 Å². The van der Waals surface area contributed by atoms with Crippen molar-refractivity contribution in [2.75, 3.05) is 40.0 Å². The molecule has 0 saturated carbocycles. The molecule has 1 N–H and O–H groups in total. The minimum Gasteiger partial charge on any atom is -0.381 e. The lowest BCUT2D eigenvalue weighted by molar-refractivity contribution is 0.121. The van der Waals surface area contributed by atoms with Crippen LogP contribution >= 0.6 is 0 Å². The number of carbonyl (C=O) groups is 1. The highest BCUT2D eigenvalue weighted by molar-refractivity contribution is 5.73. The largest absolute Gasteiger partial charge is 0.381 e. The third-order valence-electron chi connectivity index (χ3n) is 3.54. The highest BCUT2D eigenvalue weighted by Crippen LogP contribution is 2.13. The molecule has 1 aromatic carbocycles. The van der Waals surface area contributed by atoms with Crippen LogP contribution < -0.4 is 5.32 Å². The molecule has 1 saturated heterocycles. The Labute approximate surface area is 126 Å². The fraction of sp³-hybridized carbons (Fsp3) is 0.562. The second-order valence-corrected chi connectivity index (χ2v) is 5.38. The van der Waals surface area contributed by atoms with Crippen molar-refractivity contribution in [1.29, 1.82) is 0 Å². The Morgan fingerprint density at radius 2 is 2.24 bits per heavy atom. The molecule has 0 spiro atoms. The van der Waals surface area contributed by atoms with Crippen molar-refractivity contribution < 1.29 is 14.3 Å². The Balaban J connectivity index is 1.54. The maximum Gasteiger partial charge on any atom is 0.317 e. The number of ether oxygens (including phenoxy) is 2. The fourth-order valence-electron chi connectivity index (χ4n) is 2.33. The molecule has 5 nitrogen and oxygen atoms in total. The molecule has 5 heteroatoms. The minimum atomic E-state index is -0.0507. The summed E-state index contributed by atoms with van der Waals surface area (Å²) in [5.74, 6) is 0.468. The first-order valence-electron chi connectivity index (χ1n) is 7.44. The van der Waals surface area contributed by atoms with E-state index in [9.17, 15) is 4.79 Å². The van der Waals surface area contributed by atoms with Crippen molar-refractivity contribution in [3.8, 4) is 0 Å². The van der Waals surface area contributed by atoms with Gasteiger partial charge in [0.25, 0.3) is 0 Å². The quantitative estimate of drug-likeness (QED) is 0.781. The molecule has 1 heterocycles. The first kappa shape index (κ1) is 15.8. The average molecular weight is 292 g/mol. The van der Waals surface area contributed by atoms with Gasteiger partial charge in [-0.15, -0.1) is 0 Å². The number of hydrogen-bond acceptors (Lipinski definition) is 3. The zero-order chi connectivity index (χ0) is 14.9. The number of benzene rings is 1. The van der Waals surface area contributed by atoms with Crippen molar-refractivity contribution >= 4 is 6.03 Å². The molecule has 116 valence electrons. The maximum absolute atomic E-state index is 11.9. The second-order valence-electron chi connectivity index (χ2n) is 5.38. The van der Waals surface area contributed by atoms with Gasteiger partial charge in [0.2, 0.25) is 0 Å². The van der Waals surface area contributed by atoms with Gasteiger partial charge >= 0.3 is 6.03 Å². The number of carbonyl (C=O) groups excluding carboxylic acids is 1. The summed E-state index contributed by atoms with van der Waals surface area (Å²) < 4.78 is 10.8. The molecule has 1 atom stereocenters. The minimum absolute atomic E-state index is 0.0507. The van der Waals surface area contributed by atoms with Gasteiger partial charge in [-0.1, -0.05) is 30.3 Å². The Hall–Kier alpha value is -1.59. The predicted octanol–water partition coefficient (Wildman–Crippen LogP) is 1.88. The molecule has 1 aromatic rings. The number of nitrogens with one attached hydrogen (secondary N) is 1. The van der Waals surface area contributed by atoms with E-state index in [2.05, 4.69) is 5.32 Å². The van der Waals surface area contributed by atoms with Crippen LogP contribution in [-0.2, 0) is 16.1 Å². The molecule has 0 bridgehead atoms. The van der Waals surface area contributed by atoms with E-state index in [0.717, 1.165) is 31.7 Å². The van der Waals surface area contributed by atoms with E-state index < -0.39 is 0 Å². The number of urea groups is 1. The van der Waals surface area contributed by atoms with E-state index in [-0.39, 0.29) is 6.03 Å². The van der Waals surface area contributed by atoms with E-state index in [4.69, 9.17) is 9.47 Å².